The van der Waals surface area contributed by atoms with E-state index in [9.17, 15) is 0 Å². The van der Waals surface area contributed by atoms with Crippen molar-refractivity contribution in [3.8, 4) is 0 Å². The number of rotatable bonds is 5. The molecule has 0 unspecified atom stereocenters. The van der Waals surface area contributed by atoms with Crippen LogP contribution in [0.5, 0.6) is 0 Å². The molecule has 0 fully saturated rings. The Morgan fingerprint density at radius 3 is 1.85 bits per heavy atom. The van der Waals surface area contributed by atoms with Crippen LogP contribution in [0.3, 0.4) is 0 Å². The lowest BCUT2D eigenvalue weighted by Gasteiger charge is -2.04. The van der Waals surface area contributed by atoms with Crippen molar-refractivity contribution in [2.75, 3.05) is 6.54 Å². The Morgan fingerprint density at radius 1 is 1.08 bits per heavy atom. The zero-order chi connectivity index (χ0) is 10.7. The molecule has 3 heteroatoms. The first-order valence-electron chi connectivity index (χ1n) is 5.01. The minimum atomic E-state index is -0.500. The van der Waals surface area contributed by atoms with Gasteiger partial charge in [0.25, 0.3) is 0 Å². The molecule has 0 aromatic heterocycles. The van der Waals surface area contributed by atoms with Gasteiger partial charge < -0.3 is 10.3 Å². The van der Waals surface area contributed by atoms with Gasteiger partial charge in [0.2, 0.25) is 0 Å². The van der Waals surface area contributed by atoms with Crippen molar-refractivity contribution in [2.24, 2.45) is 0 Å². The monoisotopic (exact) mass is 191 g/mol. The van der Waals surface area contributed by atoms with Gasteiger partial charge >= 0.3 is 0 Å². The number of hydroxylamine groups is 1. The van der Waals surface area contributed by atoms with Crippen LogP contribution in [0.1, 0.15) is 53.4 Å². The third-order valence-electron chi connectivity index (χ3n) is 1.14. The third kappa shape index (κ3) is 48.7. The van der Waals surface area contributed by atoms with E-state index >= 15 is 0 Å². The van der Waals surface area contributed by atoms with Gasteiger partial charge in [0, 0.05) is 6.54 Å². The van der Waals surface area contributed by atoms with E-state index in [1.165, 1.54) is 19.3 Å². The molecule has 0 spiro atoms. The van der Waals surface area contributed by atoms with Gasteiger partial charge in [-0.3, -0.25) is 0 Å². The molecular weight excluding hydrogens is 166 g/mol. The third-order valence-corrected chi connectivity index (χ3v) is 1.14. The van der Waals surface area contributed by atoms with E-state index in [0.29, 0.717) is 0 Å². The van der Waals surface area contributed by atoms with Crippen molar-refractivity contribution >= 4 is 0 Å². The van der Waals surface area contributed by atoms with Gasteiger partial charge in [-0.25, -0.2) is 5.48 Å². The molecule has 82 valence electrons. The maximum Gasteiger partial charge on any atom is 0.0563 e. The first kappa shape index (κ1) is 15.4. The Hall–Kier alpha value is -0.120. The largest absolute Gasteiger partial charge is 0.391 e. The van der Waals surface area contributed by atoms with Crippen LogP contribution in [0.2, 0.25) is 0 Å². The summed E-state index contributed by atoms with van der Waals surface area (Å²) in [5.41, 5.74) is 1.63. The van der Waals surface area contributed by atoms with E-state index < -0.39 is 5.60 Å². The highest BCUT2D eigenvalue weighted by molar-refractivity contribution is 4.50. The van der Waals surface area contributed by atoms with E-state index in [4.69, 9.17) is 10.3 Å². The quantitative estimate of drug-likeness (QED) is 0.462. The van der Waals surface area contributed by atoms with E-state index in [0.717, 1.165) is 13.0 Å². The predicted molar refractivity (Wildman–Crippen MR) is 55.9 cm³/mol. The Morgan fingerprint density at radius 2 is 1.54 bits per heavy atom. The smallest absolute Gasteiger partial charge is 0.0563 e. The van der Waals surface area contributed by atoms with Crippen molar-refractivity contribution in [1.29, 1.82) is 0 Å². The van der Waals surface area contributed by atoms with Crippen LogP contribution in [0.25, 0.3) is 0 Å². The van der Waals surface area contributed by atoms with Crippen LogP contribution < -0.4 is 5.48 Å². The molecule has 0 saturated heterocycles. The molecule has 0 aliphatic carbocycles. The predicted octanol–water partition coefficient (Wildman–Crippen LogP) is 2.32. The lowest BCUT2D eigenvalue weighted by atomic mass is 10.2. The number of unbranched alkanes of at least 4 members (excludes halogenated alkanes) is 3. The summed E-state index contributed by atoms with van der Waals surface area (Å²) >= 11 is 0. The van der Waals surface area contributed by atoms with Crippen LogP contribution in [0, 0.1) is 0 Å². The molecule has 0 rings (SSSR count). The number of aliphatic hydroxyl groups is 1. The molecule has 13 heavy (non-hydrogen) atoms. The molecule has 0 aliphatic rings. The topological polar surface area (TPSA) is 52.5 Å². The zero-order valence-electron chi connectivity index (χ0n) is 9.43. The molecule has 3 N–H and O–H groups in total. The molecule has 0 aromatic rings. The van der Waals surface area contributed by atoms with Gasteiger partial charge in [-0.1, -0.05) is 26.2 Å². The Balaban J connectivity index is 0. The summed E-state index contributed by atoms with van der Waals surface area (Å²) in [6.07, 6.45) is 4.85. The highest BCUT2D eigenvalue weighted by Crippen LogP contribution is 1.96. The summed E-state index contributed by atoms with van der Waals surface area (Å²) in [5, 5.41) is 16.6. The standard InChI is InChI=1S/C6H15NO.C4H10O/c1-2-3-4-5-6-7-8;1-4(2,3)5/h7-8H,2-6H2,1H3;5H,1-3H3. The van der Waals surface area contributed by atoms with Crippen LogP contribution >= 0.6 is 0 Å². The van der Waals surface area contributed by atoms with Gasteiger partial charge in [-0.2, -0.15) is 0 Å². The van der Waals surface area contributed by atoms with Gasteiger partial charge in [-0.15, -0.1) is 0 Å². The van der Waals surface area contributed by atoms with Crippen molar-refractivity contribution < 1.29 is 10.3 Å². The van der Waals surface area contributed by atoms with Crippen LogP contribution in [0.4, 0.5) is 0 Å². The highest BCUT2D eigenvalue weighted by atomic mass is 16.5. The molecule has 0 aliphatic heterocycles. The van der Waals surface area contributed by atoms with Gasteiger partial charge in [0.05, 0.1) is 5.60 Å². The lowest BCUT2D eigenvalue weighted by Crippen LogP contribution is -2.10. The Bertz CT molecular complexity index is 77.4. The van der Waals surface area contributed by atoms with Crippen molar-refractivity contribution in [2.45, 2.75) is 59.0 Å². The van der Waals surface area contributed by atoms with E-state index in [1.54, 1.807) is 20.8 Å². The minimum absolute atomic E-state index is 0.500. The summed E-state index contributed by atoms with van der Waals surface area (Å²) in [4.78, 5) is 0. The van der Waals surface area contributed by atoms with E-state index in [-0.39, 0.29) is 0 Å². The van der Waals surface area contributed by atoms with Crippen molar-refractivity contribution in [3.63, 3.8) is 0 Å². The van der Waals surface area contributed by atoms with Crippen LogP contribution in [-0.4, -0.2) is 22.5 Å². The second kappa shape index (κ2) is 9.96. The zero-order valence-corrected chi connectivity index (χ0v) is 9.43. The van der Waals surface area contributed by atoms with Crippen LogP contribution in [-0.2, 0) is 0 Å². The number of hydrogen-bond acceptors (Lipinski definition) is 3. The highest BCUT2D eigenvalue weighted by Gasteiger charge is 1.97. The summed E-state index contributed by atoms with van der Waals surface area (Å²) < 4.78 is 0. The molecule has 0 saturated carbocycles. The van der Waals surface area contributed by atoms with Crippen molar-refractivity contribution in [1.82, 2.24) is 5.48 Å². The molecule has 0 atom stereocenters. The lowest BCUT2D eigenvalue weighted by molar-refractivity contribution is 0.102. The molecule has 0 amide bonds. The fourth-order valence-corrected chi connectivity index (χ4v) is 0.631. The van der Waals surface area contributed by atoms with E-state index in [2.05, 4.69) is 12.4 Å². The number of hydrogen-bond donors (Lipinski definition) is 3. The average Bonchev–Trinajstić information content (AvgIpc) is 1.95. The second-order valence-electron chi connectivity index (χ2n) is 4.14. The first-order valence-corrected chi connectivity index (χ1v) is 5.01. The molecule has 0 heterocycles. The summed E-state index contributed by atoms with van der Waals surface area (Å²) in [6.45, 7) is 8.14. The van der Waals surface area contributed by atoms with Crippen molar-refractivity contribution in [3.05, 3.63) is 0 Å². The van der Waals surface area contributed by atoms with Crippen LogP contribution in [0.15, 0.2) is 0 Å². The Labute approximate surface area is 82.1 Å². The normalized spacial score (nSPS) is 10.6. The second-order valence-corrected chi connectivity index (χ2v) is 4.14. The van der Waals surface area contributed by atoms with E-state index in [1.807, 2.05) is 0 Å². The SMILES string of the molecule is CC(C)(C)O.CCCCCCNO. The number of nitrogens with one attached hydrogen (secondary N) is 1. The molecule has 0 bridgehead atoms. The summed E-state index contributed by atoms with van der Waals surface area (Å²) in [5.74, 6) is 0. The maximum absolute atomic E-state index is 8.52. The fourth-order valence-electron chi connectivity index (χ4n) is 0.631. The molecule has 3 nitrogen and oxygen atoms in total. The van der Waals surface area contributed by atoms with Gasteiger partial charge in [0.15, 0.2) is 0 Å². The van der Waals surface area contributed by atoms with Gasteiger partial charge in [0.1, 0.15) is 0 Å². The van der Waals surface area contributed by atoms with Gasteiger partial charge in [-0.05, 0) is 27.2 Å². The molecule has 0 aromatic carbocycles. The summed E-state index contributed by atoms with van der Waals surface area (Å²) in [7, 11) is 0. The molecular formula is C10H25NO2. The molecule has 0 radical (unpaired) electrons. The fraction of sp³-hybridized carbons (Fsp3) is 1.00. The maximum atomic E-state index is 8.52. The Kier molecular flexibility index (Phi) is 11.8. The average molecular weight is 191 g/mol. The summed E-state index contributed by atoms with van der Waals surface area (Å²) in [6, 6.07) is 0. The first-order chi connectivity index (χ1) is 5.91. The minimum Gasteiger partial charge on any atom is -0.391 e.